The molecule has 1 aliphatic carbocycles. The van der Waals surface area contributed by atoms with E-state index in [-0.39, 0.29) is 30.8 Å². The maximum atomic E-state index is 9.98. The second-order valence-corrected chi connectivity index (χ2v) is 9.35. The Morgan fingerprint density at radius 1 is 1.18 bits per heavy atom. The highest BCUT2D eigenvalue weighted by atomic mass is 16.8. The van der Waals surface area contributed by atoms with Gasteiger partial charge >= 0.3 is 0 Å². The van der Waals surface area contributed by atoms with E-state index in [1.165, 1.54) is 5.56 Å². The number of anilines is 1. The molecule has 3 aromatic rings. The standard InChI is InChI=1S/C25H32N4O4/c1-5-16-12-29(19-10-17(13-30)21-22(19)33-25(2,3)32-21)24-20(16)23(27-14-28-24)26-11-15-6-8-18(31-4)9-7-15/h6-9,12,14,17,19,21-22,30H,5,10-11,13H2,1-4H3,(H,26,27,28)/t17-,19-,21-,22+/m1/s1. The van der Waals surface area contributed by atoms with Crippen LogP contribution in [0.2, 0.25) is 0 Å². The quantitative estimate of drug-likeness (QED) is 0.565. The molecule has 2 aliphatic rings. The van der Waals surface area contributed by atoms with Crippen molar-refractivity contribution in [2.75, 3.05) is 19.0 Å². The minimum atomic E-state index is -0.655. The molecule has 1 saturated heterocycles. The normalized spacial score (nSPS) is 26.0. The van der Waals surface area contributed by atoms with Crippen molar-refractivity contribution >= 4 is 16.9 Å². The first-order valence-corrected chi connectivity index (χ1v) is 11.6. The smallest absolute Gasteiger partial charge is 0.163 e. The molecule has 0 radical (unpaired) electrons. The fourth-order valence-corrected chi connectivity index (χ4v) is 5.25. The van der Waals surface area contributed by atoms with Crippen LogP contribution in [0, 0.1) is 5.92 Å². The Kier molecular flexibility index (Phi) is 5.76. The largest absolute Gasteiger partial charge is 0.497 e. The number of rotatable bonds is 7. The Morgan fingerprint density at radius 3 is 2.64 bits per heavy atom. The number of ether oxygens (including phenoxy) is 3. The Hall–Kier alpha value is -2.68. The van der Waals surface area contributed by atoms with Crippen LogP contribution in [-0.2, 0) is 22.4 Å². The fraction of sp³-hybridized carbons (Fsp3) is 0.520. The van der Waals surface area contributed by atoms with Crippen LogP contribution in [0.5, 0.6) is 5.75 Å². The van der Waals surface area contributed by atoms with E-state index in [2.05, 4.69) is 33.0 Å². The molecule has 0 amide bonds. The molecule has 2 aromatic heterocycles. The number of fused-ring (bicyclic) bond motifs is 2. The number of aromatic nitrogens is 3. The number of aliphatic hydroxyl groups excluding tert-OH is 1. The van der Waals surface area contributed by atoms with E-state index in [4.69, 9.17) is 14.2 Å². The van der Waals surface area contributed by atoms with Crippen LogP contribution < -0.4 is 10.1 Å². The lowest BCUT2D eigenvalue weighted by molar-refractivity contribution is -0.161. The summed E-state index contributed by atoms with van der Waals surface area (Å²) in [5.41, 5.74) is 3.21. The van der Waals surface area contributed by atoms with Gasteiger partial charge in [0.2, 0.25) is 0 Å². The molecule has 8 nitrogen and oxygen atoms in total. The first-order valence-electron chi connectivity index (χ1n) is 11.6. The van der Waals surface area contributed by atoms with Crippen molar-refractivity contribution in [3.05, 3.63) is 47.9 Å². The molecule has 0 bridgehead atoms. The number of aryl methyl sites for hydroxylation is 1. The fourth-order valence-electron chi connectivity index (χ4n) is 5.25. The highest BCUT2D eigenvalue weighted by molar-refractivity contribution is 5.91. The van der Waals surface area contributed by atoms with Gasteiger partial charge in [-0.15, -0.1) is 0 Å². The molecule has 33 heavy (non-hydrogen) atoms. The van der Waals surface area contributed by atoms with E-state index in [9.17, 15) is 5.11 Å². The highest BCUT2D eigenvalue weighted by Gasteiger charge is 2.54. The SMILES string of the molecule is CCc1cn([C@@H]2C[C@H](CO)[C@H]3OC(C)(C)O[C@H]32)c2ncnc(NCc3ccc(OC)cc3)c12. The third kappa shape index (κ3) is 3.96. The van der Waals surface area contributed by atoms with Crippen molar-refractivity contribution in [2.45, 2.75) is 64.2 Å². The summed E-state index contributed by atoms with van der Waals surface area (Å²) < 4.78 is 19.9. The topological polar surface area (TPSA) is 90.7 Å². The van der Waals surface area contributed by atoms with Crippen molar-refractivity contribution in [1.82, 2.24) is 14.5 Å². The first-order chi connectivity index (χ1) is 15.9. The summed E-state index contributed by atoms with van der Waals surface area (Å²) in [7, 11) is 1.67. The van der Waals surface area contributed by atoms with Gasteiger partial charge in [0.05, 0.1) is 24.6 Å². The minimum Gasteiger partial charge on any atom is -0.497 e. The predicted molar refractivity (Wildman–Crippen MR) is 125 cm³/mol. The highest BCUT2D eigenvalue weighted by Crippen LogP contribution is 2.48. The van der Waals surface area contributed by atoms with Gasteiger partial charge in [0.25, 0.3) is 0 Å². The molecule has 3 heterocycles. The number of hydrogen-bond acceptors (Lipinski definition) is 7. The van der Waals surface area contributed by atoms with Crippen LogP contribution in [-0.4, -0.2) is 51.4 Å². The zero-order valence-corrected chi connectivity index (χ0v) is 19.6. The maximum absolute atomic E-state index is 9.98. The Morgan fingerprint density at radius 2 is 1.94 bits per heavy atom. The summed E-state index contributed by atoms with van der Waals surface area (Å²) in [6, 6.07) is 8.05. The molecule has 0 spiro atoms. The Bertz CT molecular complexity index is 1130. The van der Waals surface area contributed by atoms with Crippen molar-refractivity contribution in [1.29, 1.82) is 0 Å². The van der Waals surface area contributed by atoms with Crippen LogP contribution in [0.4, 0.5) is 5.82 Å². The number of hydrogen-bond donors (Lipinski definition) is 2. The molecule has 5 rings (SSSR count). The summed E-state index contributed by atoms with van der Waals surface area (Å²) >= 11 is 0. The molecule has 176 valence electrons. The van der Waals surface area contributed by atoms with Gasteiger partial charge < -0.3 is 29.2 Å². The zero-order valence-electron chi connectivity index (χ0n) is 19.6. The van der Waals surface area contributed by atoms with Gasteiger partial charge in [-0.25, -0.2) is 9.97 Å². The van der Waals surface area contributed by atoms with Crippen LogP contribution in [0.15, 0.2) is 36.8 Å². The van der Waals surface area contributed by atoms with E-state index in [0.717, 1.165) is 41.0 Å². The van der Waals surface area contributed by atoms with Crippen LogP contribution in [0.1, 0.15) is 44.4 Å². The second kappa shape index (κ2) is 8.59. The summed E-state index contributed by atoms with van der Waals surface area (Å²) in [4.78, 5) is 9.24. The van der Waals surface area contributed by atoms with Crippen LogP contribution >= 0.6 is 0 Å². The summed E-state index contributed by atoms with van der Waals surface area (Å²) in [6.07, 6.45) is 5.19. The molecule has 1 aromatic carbocycles. The van der Waals surface area contributed by atoms with Gasteiger partial charge in [0.15, 0.2) is 5.79 Å². The molecule has 8 heteroatoms. The average molecular weight is 453 g/mol. The molecule has 2 N–H and O–H groups in total. The Labute approximate surface area is 193 Å². The summed E-state index contributed by atoms with van der Waals surface area (Å²) in [5.74, 6) is 1.05. The van der Waals surface area contributed by atoms with Crippen molar-refractivity contribution in [3.8, 4) is 5.75 Å². The van der Waals surface area contributed by atoms with Gasteiger partial charge in [-0.2, -0.15) is 0 Å². The van der Waals surface area contributed by atoms with E-state index < -0.39 is 5.79 Å². The van der Waals surface area contributed by atoms with E-state index in [1.54, 1.807) is 13.4 Å². The van der Waals surface area contributed by atoms with Crippen molar-refractivity contribution < 1.29 is 19.3 Å². The third-order valence-electron chi connectivity index (χ3n) is 6.83. The van der Waals surface area contributed by atoms with Crippen LogP contribution in [0.3, 0.4) is 0 Å². The number of methoxy groups -OCH3 is 1. The van der Waals surface area contributed by atoms with Crippen LogP contribution in [0.25, 0.3) is 11.0 Å². The van der Waals surface area contributed by atoms with E-state index in [1.807, 2.05) is 38.1 Å². The number of nitrogens with one attached hydrogen (secondary N) is 1. The number of aliphatic hydroxyl groups is 1. The Balaban J connectivity index is 1.47. The second-order valence-electron chi connectivity index (χ2n) is 9.35. The molecule has 0 unspecified atom stereocenters. The molecule has 4 atom stereocenters. The molecule has 1 saturated carbocycles. The van der Waals surface area contributed by atoms with Crippen molar-refractivity contribution in [3.63, 3.8) is 0 Å². The average Bonchev–Trinajstić information content (AvgIpc) is 3.46. The summed E-state index contributed by atoms with van der Waals surface area (Å²) in [5, 5.41) is 14.5. The molecular formula is C25H32N4O4. The maximum Gasteiger partial charge on any atom is 0.163 e. The monoisotopic (exact) mass is 452 g/mol. The predicted octanol–water partition coefficient (Wildman–Crippen LogP) is 3.69. The van der Waals surface area contributed by atoms with Gasteiger partial charge in [-0.1, -0.05) is 19.1 Å². The molecule has 2 fully saturated rings. The number of benzene rings is 1. The lowest BCUT2D eigenvalue weighted by Gasteiger charge is -2.24. The third-order valence-corrected chi connectivity index (χ3v) is 6.83. The first kappa shape index (κ1) is 22.1. The van der Waals surface area contributed by atoms with E-state index in [0.29, 0.717) is 6.54 Å². The van der Waals surface area contributed by atoms with Gasteiger partial charge in [-0.05, 0) is 49.9 Å². The van der Waals surface area contributed by atoms with Gasteiger partial charge in [0, 0.05) is 25.3 Å². The number of nitrogens with zero attached hydrogens (tertiary/aromatic N) is 3. The molecular weight excluding hydrogens is 420 g/mol. The van der Waals surface area contributed by atoms with Gasteiger partial charge in [-0.3, -0.25) is 0 Å². The minimum absolute atomic E-state index is 0.0406. The zero-order chi connectivity index (χ0) is 23.2. The lowest BCUT2D eigenvalue weighted by Crippen LogP contribution is -2.27. The van der Waals surface area contributed by atoms with Crippen molar-refractivity contribution in [2.24, 2.45) is 5.92 Å². The van der Waals surface area contributed by atoms with Gasteiger partial charge in [0.1, 0.15) is 29.6 Å². The molecule has 1 aliphatic heterocycles. The summed E-state index contributed by atoms with van der Waals surface area (Å²) in [6.45, 7) is 6.75. The lowest BCUT2D eigenvalue weighted by atomic mass is 10.1. The van der Waals surface area contributed by atoms with E-state index >= 15 is 0 Å².